The van der Waals surface area contributed by atoms with Crippen molar-refractivity contribution in [3.8, 4) is 22.6 Å². The molecule has 0 atom stereocenters. The maximum atomic E-state index is 12.7. The predicted molar refractivity (Wildman–Crippen MR) is 141 cm³/mol. The van der Waals surface area contributed by atoms with Gasteiger partial charge in [-0.15, -0.1) is 0 Å². The normalized spacial score (nSPS) is 14.0. The monoisotopic (exact) mass is 488 g/mol. The second-order valence-corrected chi connectivity index (χ2v) is 9.83. The van der Waals surface area contributed by atoms with Crippen LogP contribution in [0.4, 0.5) is 0 Å². The Morgan fingerprint density at radius 3 is 2.58 bits per heavy atom. The standard InChI is InChI=1S/C30H36N2O4/c1-21-23(16-18-27(33)34)15-17-25(28(21)24-13-6-3-7-14-24)30-32-26(20-36-30)29(35)31-19-9-8-12-22-10-4-2-5-11-22/h3,6-7,13-15,17,20,22H,2,4-5,8-12,16,18-19H2,1H3,(H,31,35)(H,33,34). The van der Waals surface area contributed by atoms with Gasteiger partial charge in [0.1, 0.15) is 6.26 Å². The zero-order chi connectivity index (χ0) is 25.3. The molecule has 1 aliphatic carbocycles. The Hall–Kier alpha value is -3.41. The van der Waals surface area contributed by atoms with Gasteiger partial charge in [-0.25, -0.2) is 4.98 Å². The van der Waals surface area contributed by atoms with Gasteiger partial charge in [0.05, 0.1) is 0 Å². The highest BCUT2D eigenvalue weighted by Gasteiger charge is 2.20. The second-order valence-electron chi connectivity index (χ2n) is 9.83. The van der Waals surface area contributed by atoms with Crippen LogP contribution in [0.2, 0.25) is 0 Å². The molecule has 6 heteroatoms. The highest BCUT2D eigenvalue weighted by molar-refractivity contribution is 5.93. The van der Waals surface area contributed by atoms with Crippen LogP contribution in [0.5, 0.6) is 0 Å². The molecule has 190 valence electrons. The summed E-state index contributed by atoms with van der Waals surface area (Å²) in [5, 5.41) is 12.1. The molecule has 36 heavy (non-hydrogen) atoms. The van der Waals surface area contributed by atoms with E-state index in [4.69, 9.17) is 9.52 Å². The molecule has 3 aromatic rings. The highest BCUT2D eigenvalue weighted by atomic mass is 16.4. The van der Waals surface area contributed by atoms with Crippen LogP contribution in [0.25, 0.3) is 22.6 Å². The number of carbonyl (C=O) groups is 2. The molecule has 0 saturated heterocycles. The molecule has 1 heterocycles. The van der Waals surface area contributed by atoms with Crippen molar-refractivity contribution in [2.45, 2.75) is 71.1 Å². The molecule has 2 N–H and O–H groups in total. The van der Waals surface area contributed by atoms with Gasteiger partial charge in [-0.3, -0.25) is 9.59 Å². The number of benzene rings is 2. The van der Waals surface area contributed by atoms with Gasteiger partial charge in [-0.2, -0.15) is 0 Å². The van der Waals surface area contributed by atoms with E-state index in [-0.39, 0.29) is 18.0 Å². The van der Waals surface area contributed by atoms with Crippen LogP contribution in [0.1, 0.15) is 79.4 Å². The Bertz CT molecular complexity index is 1160. The smallest absolute Gasteiger partial charge is 0.303 e. The third-order valence-corrected chi connectivity index (χ3v) is 7.26. The van der Waals surface area contributed by atoms with Crippen LogP contribution in [0.15, 0.2) is 53.1 Å². The number of aromatic nitrogens is 1. The summed E-state index contributed by atoms with van der Waals surface area (Å²) in [5.41, 5.74) is 4.94. The van der Waals surface area contributed by atoms with E-state index in [0.717, 1.165) is 46.6 Å². The molecular formula is C30H36N2O4. The summed E-state index contributed by atoms with van der Waals surface area (Å²) >= 11 is 0. The fourth-order valence-corrected chi connectivity index (χ4v) is 5.25. The minimum absolute atomic E-state index is 0.0679. The Morgan fingerprint density at radius 2 is 1.83 bits per heavy atom. The maximum absolute atomic E-state index is 12.7. The number of nitrogens with one attached hydrogen (secondary N) is 1. The van der Waals surface area contributed by atoms with Crippen molar-refractivity contribution in [1.82, 2.24) is 10.3 Å². The molecule has 4 rings (SSSR count). The number of aliphatic carboxylic acids is 1. The summed E-state index contributed by atoms with van der Waals surface area (Å²) in [7, 11) is 0. The molecule has 0 unspecified atom stereocenters. The fraction of sp³-hybridized carbons (Fsp3) is 0.433. The maximum Gasteiger partial charge on any atom is 0.303 e. The Morgan fingerprint density at radius 1 is 1.06 bits per heavy atom. The molecule has 0 bridgehead atoms. The minimum Gasteiger partial charge on any atom is -0.481 e. The summed E-state index contributed by atoms with van der Waals surface area (Å²) in [6, 6.07) is 13.7. The van der Waals surface area contributed by atoms with Gasteiger partial charge in [0.25, 0.3) is 5.91 Å². The number of oxazole rings is 1. The predicted octanol–water partition coefficient (Wildman–Crippen LogP) is 6.81. The number of rotatable bonds is 11. The van der Waals surface area contributed by atoms with Crippen LogP contribution in [-0.2, 0) is 11.2 Å². The third kappa shape index (κ3) is 6.62. The average molecular weight is 489 g/mol. The lowest BCUT2D eigenvalue weighted by Gasteiger charge is -2.21. The number of hydrogen-bond acceptors (Lipinski definition) is 4. The lowest BCUT2D eigenvalue weighted by molar-refractivity contribution is -0.136. The SMILES string of the molecule is Cc1c(CCC(=O)O)ccc(-c2nc(C(=O)NCCCCC3CCCCC3)co2)c1-c1ccccc1. The number of amides is 1. The van der Waals surface area contributed by atoms with E-state index in [1.54, 1.807) is 0 Å². The van der Waals surface area contributed by atoms with Crippen LogP contribution in [0.3, 0.4) is 0 Å². The molecule has 1 aromatic heterocycles. The average Bonchev–Trinajstić information content (AvgIpc) is 3.39. The van der Waals surface area contributed by atoms with Gasteiger partial charge in [0, 0.05) is 18.5 Å². The summed E-state index contributed by atoms with van der Waals surface area (Å²) in [6.07, 6.45) is 12.1. The minimum atomic E-state index is -0.822. The van der Waals surface area contributed by atoms with Crippen molar-refractivity contribution in [2.24, 2.45) is 5.92 Å². The van der Waals surface area contributed by atoms with Gasteiger partial charge in [0.2, 0.25) is 5.89 Å². The van der Waals surface area contributed by atoms with E-state index in [2.05, 4.69) is 10.3 Å². The molecular weight excluding hydrogens is 452 g/mol. The van der Waals surface area contributed by atoms with E-state index in [9.17, 15) is 9.59 Å². The van der Waals surface area contributed by atoms with Gasteiger partial charge in [-0.05, 0) is 54.0 Å². The number of unbranched alkanes of at least 4 members (excludes halogenated alkanes) is 1. The Labute approximate surface area is 213 Å². The lowest BCUT2D eigenvalue weighted by Crippen LogP contribution is -2.24. The Balaban J connectivity index is 1.44. The van der Waals surface area contributed by atoms with E-state index in [0.29, 0.717) is 18.9 Å². The van der Waals surface area contributed by atoms with Crippen molar-refractivity contribution in [2.75, 3.05) is 6.54 Å². The molecule has 6 nitrogen and oxygen atoms in total. The van der Waals surface area contributed by atoms with Crippen molar-refractivity contribution < 1.29 is 19.1 Å². The first kappa shape index (κ1) is 25.7. The molecule has 0 radical (unpaired) electrons. The van der Waals surface area contributed by atoms with Crippen LogP contribution in [0, 0.1) is 12.8 Å². The first-order valence-corrected chi connectivity index (χ1v) is 13.2. The third-order valence-electron chi connectivity index (χ3n) is 7.26. The molecule has 1 saturated carbocycles. The summed E-state index contributed by atoms with van der Waals surface area (Å²) in [5.74, 6) is 0.199. The number of carboxylic acid groups (broad SMARTS) is 1. The number of aryl methyl sites for hydroxylation is 1. The largest absolute Gasteiger partial charge is 0.481 e. The molecule has 0 aliphatic heterocycles. The van der Waals surface area contributed by atoms with E-state index < -0.39 is 5.97 Å². The fourth-order valence-electron chi connectivity index (χ4n) is 5.25. The number of carbonyl (C=O) groups excluding carboxylic acids is 1. The summed E-state index contributed by atoms with van der Waals surface area (Å²) in [4.78, 5) is 28.3. The zero-order valence-electron chi connectivity index (χ0n) is 21.1. The van der Waals surface area contributed by atoms with Crippen LogP contribution in [-0.4, -0.2) is 28.5 Å². The quantitative estimate of drug-likeness (QED) is 0.289. The van der Waals surface area contributed by atoms with Crippen LogP contribution < -0.4 is 5.32 Å². The molecule has 2 aromatic carbocycles. The van der Waals surface area contributed by atoms with Gasteiger partial charge in [0.15, 0.2) is 5.69 Å². The lowest BCUT2D eigenvalue weighted by atomic mass is 9.86. The summed E-state index contributed by atoms with van der Waals surface area (Å²) < 4.78 is 5.77. The topological polar surface area (TPSA) is 92.4 Å². The van der Waals surface area contributed by atoms with Gasteiger partial charge >= 0.3 is 5.97 Å². The van der Waals surface area contributed by atoms with Crippen molar-refractivity contribution in [3.63, 3.8) is 0 Å². The number of carboxylic acids is 1. The van der Waals surface area contributed by atoms with Crippen LogP contribution >= 0.6 is 0 Å². The molecule has 1 fully saturated rings. The van der Waals surface area contributed by atoms with Gasteiger partial charge in [-0.1, -0.05) is 81.3 Å². The van der Waals surface area contributed by atoms with Crippen molar-refractivity contribution >= 4 is 11.9 Å². The highest BCUT2D eigenvalue weighted by Crippen LogP contribution is 2.36. The molecule has 1 amide bonds. The summed E-state index contributed by atoms with van der Waals surface area (Å²) in [6.45, 7) is 2.63. The van der Waals surface area contributed by atoms with Crippen molar-refractivity contribution in [1.29, 1.82) is 0 Å². The number of hydrogen-bond donors (Lipinski definition) is 2. The van der Waals surface area contributed by atoms with E-state index in [1.807, 2.05) is 49.4 Å². The van der Waals surface area contributed by atoms with E-state index in [1.165, 1.54) is 44.8 Å². The second kappa shape index (κ2) is 12.5. The van der Waals surface area contributed by atoms with E-state index >= 15 is 0 Å². The molecule has 0 spiro atoms. The first-order chi connectivity index (χ1) is 17.5. The zero-order valence-corrected chi connectivity index (χ0v) is 21.1. The number of nitrogens with zero attached hydrogens (tertiary/aromatic N) is 1. The van der Waals surface area contributed by atoms with Crippen molar-refractivity contribution in [3.05, 3.63) is 65.5 Å². The van der Waals surface area contributed by atoms with Gasteiger partial charge < -0.3 is 14.8 Å². The Kier molecular flexibility index (Phi) is 8.93. The molecule has 1 aliphatic rings. The first-order valence-electron chi connectivity index (χ1n) is 13.2.